The molecule has 2 aliphatic rings. The summed E-state index contributed by atoms with van der Waals surface area (Å²) in [6.45, 7) is 1.82. The van der Waals surface area contributed by atoms with Crippen LogP contribution in [0.3, 0.4) is 0 Å². The molecule has 2 rings (SSSR count). The molecule has 2 unspecified atom stereocenters. The van der Waals surface area contributed by atoms with E-state index < -0.39 is 11.9 Å². The number of carboxylic acids is 1. The van der Waals surface area contributed by atoms with E-state index in [-0.39, 0.29) is 11.9 Å². The highest BCUT2D eigenvalue weighted by atomic mass is 16.4. The number of hydrogen-bond donors (Lipinski definition) is 3. The average molecular weight is 224 g/mol. The van der Waals surface area contributed by atoms with Gasteiger partial charge in [-0.05, 0) is 25.4 Å². The summed E-state index contributed by atoms with van der Waals surface area (Å²) in [4.78, 5) is 22.3. The van der Waals surface area contributed by atoms with Crippen LogP contribution in [0, 0.1) is 11.8 Å². The number of amides is 1. The van der Waals surface area contributed by atoms with Crippen LogP contribution in [0.5, 0.6) is 0 Å². The molecule has 0 aromatic rings. The normalized spacial score (nSPS) is 28.8. The molecule has 5 nitrogen and oxygen atoms in total. The Morgan fingerprint density at radius 3 is 2.62 bits per heavy atom. The predicted octanol–water partition coefficient (Wildman–Crippen LogP) is -0.259. The van der Waals surface area contributed by atoms with Crippen molar-refractivity contribution in [1.82, 2.24) is 10.6 Å². The SMILES string of the molecule is O=C(CC1CNC1)NC1C=CC(C(=O)O)C1. The number of aliphatic carboxylic acids is 1. The van der Waals surface area contributed by atoms with E-state index in [2.05, 4.69) is 10.6 Å². The highest BCUT2D eigenvalue weighted by Crippen LogP contribution is 2.18. The van der Waals surface area contributed by atoms with Gasteiger partial charge in [-0.1, -0.05) is 12.2 Å². The molecular weight excluding hydrogens is 208 g/mol. The van der Waals surface area contributed by atoms with Crippen LogP contribution < -0.4 is 10.6 Å². The lowest BCUT2D eigenvalue weighted by atomic mass is 9.99. The van der Waals surface area contributed by atoms with Gasteiger partial charge in [0, 0.05) is 12.5 Å². The number of carbonyl (C=O) groups excluding carboxylic acids is 1. The summed E-state index contributed by atoms with van der Waals surface area (Å²) in [5, 5.41) is 14.7. The van der Waals surface area contributed by atoms with E-state index in [9.17, 15) is 9.59 Å². The van der Waals surface area contributed by atoms with Crippen LogP contribution in [0.1, 0.15) is 12.8 Å². The summed E-state index contributed by atoms with van der Waals surface area (Å²) in [7, 11) is 0. The van der Waals surface area contributed by atoms with Gasteiger partial charge in [0.05, 0.1) is 5.92 Å². The molecule has 2 atom stereocenters. The Hall–Kier alpha value is -1.36. The molecule has 1 aliphatic heterocycles. The van der Waals surface area contributed by atoms with Gasteiger partial charge in [-0.15, -0.1) is 0 Å². The quantitative estimate of drug-likeness (QED) is 0.575. The zero-order chi connectivity index (χ0) is 11.5. The Bertz CT molecular complexity index is 323. The second-order valence-corrected chi connectivity index (χ2v) is 4.47. The molecule has 1 saturated heterocycles. The van der Waals surface area contributed by atoms with Crippen molar-refractivity contribution in [3.63, 3.8) is 0 Å². The molecule has 1 amide bonds. The van der Waals surface area contributed by atoms with E-state index in [0.29, 0.717) is 18.8 Å². The lowest BCUT2D eigenvalue weighted by molar-refractivity contribution is -0.140. The minimum absolute atomic E-state index is 0.0205. The molecule has 0 saturated carbocycles. The maximum absolute atomic E-state index is 11.6. The Balaban J connectivity index is 1.72. The third-order valence-electron chi connectivity index (χ3n) is 3.09. The summed E-state index contributed by atoms with van der Waals surface area (Å²) < 4.78 is 0. The van der Waals surface area contributed by atoms with E-state index in [1.165, 1.54) is 0 Å². The van der Waals surface area contributed by atoms with Crippen molar-refractivity contribution in [2.24, 2.45) is 11.8 Å². The first kappa shape index (κ1) is 11.1. The van der Waals surface area contributed by atoms with Crippen LogP contribution in [-0.2, 0) is 9.59 Å². The Kier molecular flexibility index (Phi) is 3.24. The van der Waals surface area contributed by atoms with Gasteiger partial charge >= 0.3 is 5.97 Å². The highest BCUT2D eigenvalue weighted by molar-refractivity contribution is 5.78. The summed E-state index contributed by atoms with van der Waals surface area (Å²) in [5.41, 5.74) is 0. The van der Waals surface area contributed by atoms with Crippen molar-refractivity contribution in [2.75, 3.05) is 13.1 Å². The van der Waals surface area contributed by atoms with Crippen molar-refractivity contribution >= 4 is 11.9 Å². The minimum atomic E-state index is -0.823. The fourth-order valence-corrected chi connectivity index (χ4v) is 2.01. The molecule has 1 fully saturated rings. The Labute approximate surface area is 93.9 Å². The molecule has 0 aromatic heterocycles. The lowest BCUT2D eigenvalue weighted by Gasteiger charge is -2.26. The van der Waals surface area contributed by atoms with Crippen molar-refractivity contribution < 1.29 is 14.7 Å². The van der Waals surface area contributed by atoms with Gasteiger partial charge in [0.2, 0.25) is 5.91 Å². The van der Waals surface area contributed by atoms with Crippen molar-refractivity contribution in [2.45, 2.75) is 18.9 Å². The fraction of sp³-hybridized carbons (Fsp3) is 0.636. The predicted molar refractivity (Wildman–Crippen MR) is 57.8 cm³/mol. The molecule has 5 heteroatoms. The molecule has 16 heavy (non-hydrogen) atoms. The monoisotopic (exact) mass is 224 g/mol. The topological polar surface area (TPSA) is 78.4 Å². The van der Waals surface area contributed by atoms with Crippen LogP contribution >= 0.6 is 0 Å². The number of carboxylic acid groups (broad SMARTS) is 1. The molecule has 1 heterocycles. The van der Waals surface area contributed by atoms with Gasteiger partial charge < -0.3 is 15.7 Å². The first-order valence-corrected chi connectivity index (χ1v) is 5.56. The molecule has 0 aromatic carbocycles. The van der Waals surface area contributed by atoms with E-state index in [1.807, 2.05) is 0 Å². The van der Waals surface area contributed by atoms with Crippen LogP contribution in [0.4, 0.5) is 0 Å². The number of hydrogen-bond acceptors (Lipinski definition) is 3. The van der Waals surface area contributed by atoms with Crippen LogP contribution in [0.15, 0.2) is 12.2 Å². The second-order valence-electron chi connectivity index (χ2n) is 4.47. The third kappa shape index (κ3) is 2.61. The maximum Gasteiger partial charge on any atom is 0.310 e. The van der Waals surface area contributed by atoms with Crippen LogP contribution in [-0.4, -0.2) is 36.1 Å². The van der Waals surface area contributed by atoms with E-state index in [4.69, 9.17) is 5.11 Å². The lowest BCUT2D eigenvalue weighted by Crippen LogP contribution is -2.45. The Morgan fingerprint density at radius 2 is 2.12 bits per heavy atom. The molecule has 0 spiro atoms. The minimum Gasteiger partial charge on any atom is -0.481 e. The van der Waals surface area contributed by atoms with Crippen molar-refractivity contribution in [3.05, 3.63) is 12.2 Å². The van der Waals surface area contributed by atoms with E-state index in [1.54, 1.807) is 12.2 Å². The average Bonchev–Trinajstić information content (AvgIpc) is 2.60. The van der Waals surface area contributed by atoms with Gasteiger partial charge in [0.15, 0.2) is 0 Å². The van der Waals surface area contributed by atoms with Crippen LogP contribution in [0.25, 0.3) is 0 Å². The molecule has 3 N–H and O–H groups in total. The number of carbonyl (C=O) groups is 2. The third-order valence-corrected chi connectivity index (χ3v) is 3.09. The molecule has 1 aliphatic carbocycles. The summed E-state index contributed by atoms with van der Waals surface area (Å²) in [6.07, 6.45) is 4.44. The number of nitrogens with one attached hydrogen (secondary N) is 2. The van der Waals surface area contributed by atoms with Gasteiger partial charge in [-0.3, -0.25) is 9.59 Å². The van der Waals surface area contributed by atoms with Crippen molar-refractivity contribution in [1.29, 1.82) is 0 Å². The summed E-state index contributed by atoms with van der Waals surface area (Å²) >= 11 is 0. The molecule has 0 bridgehead atoms. The smallest absolute Gasteiger partial charge is 0.310 e. The molecular formula is C11H16N2O3. The number of rotatable bonds is 4. The molecule has 0 radical (unpaired) electrons. The largest absolute Gasteiger partial charge is 0.481 e. The maximum atomic E-state index is 11.6. The van der Waals surface area contributed by atoms with Gasteiger partial charge in [0.1, 0.15) is 0 Å². The second kappa shape index (κ2) is 4.65. The summed E-state index contributed by atoms with van der Waals surface area (Å²) in [5.74, 6) is -0.806. The zero-order valence-corrected chi connectivity index (χ0v) is 8.98. The molecule has 88 valence electrons. The summed E-state index contributed by atoms with van der Waals surface area (Å²) in [6, 6.07) is -0.110. The standard InChI is InChI=1S/C11H16N2O3/c14-10(3-7-5-12-6-7)13-9-2-1-8(4-9)11(15)16/h1-2,7-9,12H,3-6H2,(H,13,14)(H,15,16). The van der Waals surface area contributed by atoms with E-state index in [0.717, 1.165) is 13.1 Å². The Morgan fingerprint density at radius 1 is 1.38 bits per heavy atom. The van der Waals surface area contributed by atoms with Crippen LogP contribution in [0.2, 0.25) is 0 Å². The first-order valence-electron chi connectivity index (χ1n) is 5.56. The zero-order valence-electron chi connectivity index (χ0n) is 8.98. The van der Waals surface area contributed by atoms with Crippen molar-refractivity contribution in [3.8, 4) is 0 Å². The van der Waals surface area contributed by atoms with Gasteiger partial charge in [0.25, 0.3) is 0 Å². The van der Waals surface area contributed by atoms with Gasteiger partial charge in [-0.2, -0.15) is 0 Å². The van der Waals surface area contributed by atoms with Gasteiger partial charge in [-0.25, -0.2) is 0 Å². The fourth-order valence-electron chi connectivity index (χ4n) is 2.01. The first-order chi connectivity index (χ1) is 7.65. The highest BCUT2D eigenvalue weighted by Gasteiger charge is 2.26. The van der Waals surface area contributed by atoms with E-state index >= 15 is 0 Å².